The lowest BCUT2D eigenvalue weighted by atomic mass is 10.2. The zero-order chi connectivity index (χ0) is 10.1. The van der Waals surface area contributed by atoms with Gasteiger partial charge in [-0.15, -0.1) is 0 Å². The molecule has 0 aromatic carbocycles. The van der Waals surface area contributed by atoms with Crippen molar-refractivity contribution >= 4 is 5.97 Å². The van der Waals surface area contributed by atoms with Crippen molar-refractivity contribution in [3.05, 3.63) is 0 Å². The zero-order valence-electron chi connectivity index (χ0n) is 7.69. The number of esters is 1. The molecule has 1 fully saturated rings. The fourth-order valence-electron chi connectivity index (χ4n) is 1.23. The number of aliphatic hydroxyl groups is 2. The van der Waals surface area contributed by atoms with Gasteiger partial charge in [0.05, 0.1) is 13.0 Å². The molecule has 2 atom stereocenters. The van der Waals surface area contributed by atoms with Gasteiger partial charge in [-0.25, -0.2) is 0 Å². The van der Waals surface area contributed by atoms with Crippen molar-refractivity contribution < 1.29 is 24.5 Å². The summed E-state index contributed by atoms with van der Waals surface area (Å²) in [6.07, 6.45) is -1.13. The number of carbonyl (C=O) groups is 1. The van der Waals surface area contributed by atoms with Crippen LogP contribution in [0.25, 0.3) is 0 Å². The maximum Gasteiger partial charge on any atom is 0.309 e. The molecule has 76 valence electrons. The quantitative estimate of drug-likeness (QED) is 0.459. The Morgan fingerprint density at radius 1 is 1.69 bits per heavy atom. The number of hydrogen-bond acceptors (Lipinski definition) is 5. The summed E-state index contributed by atoms with van der Waals surface area (Å²) in [7, 11) is 0. The van der Waals surface area contributed by atoms with Gasteiger partial charge in [0.25, 0.3) is 0 Å². The number of rotatable bonds is 3. The number of hydrogen-bond donors (Lipinski definition) is 2. The molecule has 5 heteroatoms. The predicted octanol–water partition coefficient (Wildman–Crippen LogP) is -0.592. The van der Waals surface area contributed by atoms with Crippen LogP contribution in [0.5, 0.6) is 0 Å². The smallest absolute Gasteiger partial charge is 0.309 e. The minimum Gasteiger partial charge on any atom is -0.457 e. The topological polar surface area (TPSA) is 76.0 Å². The molecule has 0 radical (unpaired) electrons. The van der Waals surface area contributed by atoms with E-state index in [0.29, 0.717) is 0 Å². The van der Waals surface area contributed by atoms with Crippen LogP contribution in [0.1, 0.15) is 20.3 Å². The third-order valence-electron chi connectivity index (χ3n) is 1.69. The molecule has 0 bridgehead atoms. The molecule has 1 saturated heterocycles. The van der Waals surface area contributed by atoms with Crippen LogP contribution in [0.2, 0.25) is 0 Å². The van der Waals surface area contributed by atoms with Crippen molar-refractivity contribution in [2.75, 3.05) is 6.61 Å². The van der Waals surface area contributed by atoms with Crippen LogP contribution in [0.3, 0.4) is 0 Å². The fourth-order valence-corrected chi connectivity index (χ4v) is 1.23. The second kappa shape index (κ2) is 3.61. The van der Waals surface area contributed by atoms with Gasteiger partial charge in [0, 0.05) is 0 Å². The Kier molecular flexibility index (Phi) is 2.90. The number of cyclic esters (lactones) is 1. The van der Waals surface area contributed by atoms with E-state index in [-0.39, 0.29) is 13.0 Å². The molecule has 1 aliphatic heterocycles. The molecule has 1 rings (SSSR count). The van der Waals surface area contributed by atoms with Crippen molar-refractivity contribution in [3.63, 3.8) is 0 Å². The van der Waals surface area contributed by atoms with Crippen molar-refractivity contribution in [2.24, 2.45) is 0 Å². The molecule has 0 aliphatic carbocycles. The van der Waals surface area contributed by atoms with E-state index in [4.69, 9.17) is 14.6 Å². The zero-order valence-corrected chi connectivity index (χ0v) is 7.69. The van der Waals surface area contributed by atoms with E-state index in [1.165, 1.54) is 13.8 Å². The SMILES string of the molecule is CC(C)(O)OC1CC(=O)O[C@H]1CO. The van der Waals surface area contributed by atoms with Crippen LogP contribution in [0.4, 0.5) is 0 Å². The van der Waals surface area contributed by atoms with Gasteiger partial charge in [0.2, 0.25) is 0 Å². The van der Waals surface area contributed by atoms with E-state index in [9.17, 15) is 9.90 Å². The van der Waals surface area contributed by atoms with Gasteiger partial charge >= 0.3 is 5.97 Å². The lowest BCUT2D eigenvalue weighted by Gasteiger charge is -2.24. The molecule has 2 N–H and O–H groups in total. The van der Waals surface area contributed by atoms with Gasteiger partial charge in [-0.05, 0) is 13.8 Å². The molecular formula is C8H14O5. The van der Waals surface area contributed by atoms with Crippen LogP contribution in [-0.2, 0) is 14.3 Å². The fraction of sp³-hybridized carbons (Fsp3) is 0.875. The van der Waals surface area contributed by atoms with Gasteiger partial charge in [-0.3, -0.25) is 4.79 Å². The highest BCUT2D eigenvalue weighted by Crippen LogP contribution is 2.22. The first-order chi connectivity index (χ1) is 5.92. The molecular weight excluding hydrogens is 176 g/mol. The number of carbonyl (C=O) groups excluding carboxylic acids is 1. The minimum atomic E-state index is -1.31. The standard InChI is InChI=1S/C8H14O5/c1-8(2,11)13-5-3-7(10)12-6(5)4-9/h5-6,9,11H,3-4H2,1-2H3/t5?,6-/m0/s1. The van der Waals surface area contributed by atoms with Gasteiger partial charge in [-0.1, -0.05) is 0 Å². The van der Waals surface area contributed by atoms with Crippen molar-refractivity contribution in [3.8, 4) is 0 Å². The number of aliphatic hydroxyl groups excluding tert-OH is 1. The largest absolute Gasteiger partial charge is 0.457 e. The second-order valence-corrected chi connectivity index (χ2v) is 3.52. The first kappa shape index (κ1) is 10.4. The molecule has 13 heavy (non-hydrogen) atoms. The van der Waals surface area contributed by atoms with E-state index < -0.39 is 24.0 Å². The summed E-state index contributed by atoms with van der Waals surface area (Å²) < 4.78 is 9.87. The second-order valence-electron chi connectivity index (χ2n) is 3.52. The number of ether oxygens (including phenoxy) is 2. The Morgan fingerprint density at radius 2 is 2.31 bits per heavy atom. The normalized spacial score (nSPS) is 29.1. The van der Waals surface area contributed by atoms with Gasteiger partial charge in [-0.2, -0.15) is 0 Å². The first-order valence-electron chi connectivity index (χ1n) is 4.13. The maximum atomic E-state index is 10.8. The summed E-state index contributed by atoms with van der Waals surface area (Å²) in [5, 5.41) is 18.1. The molecule has 1 heterocycles. The van der Waals surface area contributed by atoms with Crippen molar-refractivity contribution in [2.45, 2.75) is 38.3 Å². The first-order valence-corrected chi connectivity index (χ1v) is 4.13. The Labute approximate surface area is 76.3 Å². The van der Waals surface area contributed by atoms with E-state index in [1.807, 2.05) is 0 Å². The van der Waals surface area contributed by atoms with Crippen LogP contribution in [0.15, 0.2) is 0 Å². The Balaban J connectivity index is 2.54. The highest BCUT2D eigenvalue weighted by molar-refractivity contribution is 5.72. The lowest BCUT2D eigenvalue weighted by Crippen LogP contribution is -2.36. The van der Waals surface area contributed by atoms with E-state index in [2.05, 4.69) is 0 Å². The molecule has 1 aliphatic rings. The van der Waals surface area contributed by atoms with E-state index in [1.54, 1.807) is 0 Å². The minimum absolute atomic E-state index is 0.0786. The monoisotopic (exact) mass is 190 g/mol. The Hall–Kier alpha value is -0.650. The van der Waals surface area contributed by atoms with Gasteiger partial charge < -0.3 is 19.7 Å². The highest BCUT2D eigenvalue weighted by atomic mass is 16.7. The van der Waals surface area contributed by atoms with E-state index in [0.717, 1.165) is 0 Å². The molecule has 0 spiro atoms. The lowest BCUT2D eigenvalue weighted by molar-refractivity contribution is -0.216. The Bertz CT molecular complexity index is 195. The molecule has 0 aromatic rings. The average Bonchev–Trinajstić information content (AvgIpc) is 2.27. The van der Waals surface area contributed by atoms with Crippen LogP contribution >= 0.6 is 0 Å². The summed E-state index contributed by atoms with van der Waals surface area (Å²) in [5.41, 5.74) is 0. The average molecular weight is 190 g/mol. The van der Waals surface area contributed by atoms with Crippen molar-refractivity contribution in [1.82, 2.24) is 0 Å². The summed E-state index contributed by atoms with van der Waals surface area (Å²) in [5.74, 6) is -1.72. The van der Waals surface area contributed by atoms with Crippen LogP contribution in [-0.4, -0.2) is 40.8 Å². The highest BCUT2D eigenvalue weighted by Gasteiger charge is 2.38. The third kappa shape index (κ3) is 2.95. The molecule has 0 aromatic heterocycles. The van der Waals surface area contributed by atoms with Crippen molar-refractivity contribution in [1.29, 1.82) is 0 Å². The molecule has 1 unspecified atom stereocenters. The summed E-state index contributed by atoms with van der Waals surface area (Å²) in [6.45, 7) is 2.64. The summed E-state index contributed by atoms with van der Waals surface area (Å²) in [4.78, 5) is 10.8. The predicted molar refractivity (Wildman–Crippen MR) is 42.8 cm³/mol. The maximum absolute atomic E-state index is 10.8. The summed E-state index contributed by atoms with van der Waals surface area (Å²) >= 11 is 0. The van der Waals surface area contributed by atoms with E-state index >= 15 is 0 Å². The van der Waals surface area contributed by atoms with Gasteiger partial charge in [0.15, 0.2) is 11.9 Å². The Morgan fingerprint density at radius 3 is 2.77 bits per heavy atom. The van der Waals surface area contributed by atoms with Crippen LogP contribution < -0.4 is 0 Å². The van der Waals surface area contributed by atoms with Gasteiger partial charge in [0.1, 0.15) is 6.10 Å². The van der Waals surface area contributed by atoms with Crippen LogP contribution in [0, 0.1) is 0 Å². The molecule has 5 nitrogen and oxygen atoms in total. The molecule has 0 amide bonds. The third-order valence-corrected chi connectivity index (χ3v) is 1.69. The summed E-state index contributed by atoms with van der Waals surface area (Å²) in [6, 6.07) is 0. The molecule has 0 saturated carbocycles.